The van der Waals surface area contributed by atoms with Crippen LogP contribution >= 0.6 is 0 Å². The summed E-state index contributed by atoms with van der Waals surface area (Å²) >= 11 is 0. The quantitative estimate of drug-likeness (QED) is 0.855. The highest BCUT2D eigenvalue weighted by atomic mass is 32.2. The van der Waals surface area contributed by atoms with E-state index in [1.54, 1.807) is 14.2 Å². The summed E-state index contributed by atoms with van der Waals surface area (Å²) in [5, 5.41) is 2.76. The van der Waals surface area contributed by atoms with Crippen molar-refractivity contribution in [1.82, 2.24) is 14.3 Å². The molecule has 1 aromatic rings. The normalized spacial score (nSPS) is 20.8. The van der Waals surface area contributed by atoms with Crippen molar-refractivity contribution in [2.75, 3.05) is 39.2 Å². The number of rotatable bonds is 5. The number of hydrogen-bond acceptors (Lipinski definition) is 6. The largest absolute Gasteiger partial charge is 0.384 e. The second-order valence-electron chi connectivity index (χ2n) is 4.82. The van der Waals surface area contributed by atoms with Crippen molar-refractivity contribution in [2.24, 2.45) is 5.92 Å². The van der Waals surface area contributed by atoms with Crippen LogP contribution < -0.4 is 5.32 Å². The van der Waals surface area contributed by atoms with Gasteiger partial charge in [0.2, 0.25) is 16.0 Å². The Morgan fingerprint density at radius 1 is 1.45 bits per heavy atom. The highest BCUT2D eigenvalue weighted by Crippen LogP contribution is 2.23. The van der Waals surface area contributed by atoms with Gasteiger partial charge in [-0.15, -0.1) is 0 Å². The Balaban J connectivity index is 2.16. The maximum absolute atomic E-state index is 12.5. The van der Waals surface area contributed by atoms with Gasteiger partial charge in [-0.1, -0.05) is 0 Å². The third-order valence-electron chi connectivity index (χ3n) is 3.37. The second-order valence-corrected chi connectivity index (χ2v) is 6.76. The number of nitrogens with one attached hydrogen (secondary N) is 1. The van der Waals surface area contributed by atoms with E-state index in [0.717, 1.165) is 12.8 Å². The summed E-state index contributed by atoms with van der Waals surface area (Å²) in [7, 11) is -0.193. The molecular weight excluding hydrogens is 280 g/mol. The summed E-state index contributed by atoms with van der Waals surface area (Å²) in [5.41, 5.74) is 0. The fourth-order valence-corrected chi connectivity index (χ4v) is 3.79. The predicted octanol–water partition coefficient (Wildman–Crippen LogP) is 0.565. The zero-order valence-electron chi connectivity index (χ0n) is 11.7. The minimum atomic E-state index is -3.51. The molecule has 1 N–H and O–H groups in total. The molecule has 0 bridgehead atoms. The first-order chi connectivity index (χ1) is 9.57. The molecule has 112 valence electrons. The summed E-state index contributed by atoms with van der Waals surface area (Å²) in [6.07, 6.45) is 4.53. The average Bonchev–Trinajstić information content (AvgIpc) is 2.48. The van der Waals surface area contributed by atoms with E-state index in [0.29, 0.717) is 25.6 Å². The fourth-order valence-electron chi connectivity index (χ4n) is 2.34. The number of methoxy groups -OCH3 is 1. The summed E-state index contributed by atoms with van der Waals surface area (Å²) < 4.78 is 31.7. The van der Waals surface area contributed by atoms with Crippen LogP contribution in [0.5, 0.6) is 0 Å². The molecule has 0 aliphatic carbocycles. The molecule has 0 aromatic carbocycles. The van der Waals surface area contributed by atoms with Crippen molar-refractivity contribution < 1.29 is 13.2 Å². The first kappa shape index (κ1) is 15.1. The van der Waals surface area contributed by atoms with Gasteiger partial charge < -0.3 is 10.1 Å². The van der Waals surface area contributed by atoms with Crippen molar-refractivity contribution in [1.29, 1.82) is 0 Å². The first-order valence-electron chi connectivity index (χ1n) is 6.57. The van der Waals surface area contributed by atoms with E-state index in [2.05, 4.69) is 15.3 Å². The van der Waals surface area contributed by atoms with Crippen molar-refractivity contribution in [3.05, 3.63) is 12.4 Å². The molecule has 1 fully saturated rings. The Bertz CT molecular complexity index is 530. The molecule has 20 heavy (non-hydrogen) atoms. The second kappa shape index (κ2) is 6.47. The Morgan fingerprint density at radius 3 is 2.75 bits per heavy atom. The first-order valence-corrected chi connectivity index (χ1v) is 8.01. The molecule has 0 amide bonds. The van der Waals surface area contributed by atoms with Crippen LogP contribution in [0.15, 0.2) is 17.3 Å². The standard InChI is InChI=1S/C12H20N4O3S/c1-13-12-14-6-11(7-15-12)20(17,18)16-5-3-4-10(8-16)9-19-2/h6-7,10H,3-5,8-9H2,1-2H3,(H,13,14,15). The van der Waals surface area contributed by atoms with Crippen LogP contribution in [0.1, 0.15) is 12.8 Å². The van der Waals surface area contributed by atoms with Crippen molar-refractivity contribution in [2.45, 2.75) is 17.7 Å². The van der Waals surface area contributed by atoms with E-state index in [1.165, 1.54) is 16.7 Å². The van der Waals surface area contributed by atoms with Gasteiger partial charge in [-0.05, 0) is 18.8 Å². The number of piperidine rings is 1. The van der Waals surface area contributed by atoms with Gasteiger partial charge in [0, 0.05) is 27.2 Å². The lowest BCUT2D eigenvalue weighted by molar-refractivity contribution is 0.118. The van der Waals surface area contributed by atoms with Crippen LogP contribution in [-0.2, 0) is 14.8 Å². The summed E-state index contributed by atoms with van der Waals surface area (Å²) in [6, 6.07) is 0. The zero-order chi connectivity index (χ0) is 14.6. The van der Waals surface area contributed by atoms with E-state index >= 15 is 0 Å². The molecule has 2 rings (SSSR count). The summed E-state index contributed by atoms with van der Waals surface area (Å²) in [6.45, 7) is 1.61. The Morgan fingerprint density at radius 2 is 2.15 bits per heavy atom. The molecule has 2 heterocycles. The van der Waals surface area contributed by atoms with Crippen LogP contribution in [0.4, 0.5) is 5.95 Å². The molecule has 1 aromatic heterocycles. The summed E-state index contributed by atoms with van der Waals surface area (Å²) in [4.78, 5) is 8.06. The molecule has 1 atom stereocenters. The Hall–Kier alpha value is -1.25. The van der Waals surface area contributed by atoms with Crippen LogP contribution in [0, 0.1) is 5.92 Å². The molecule has 1 saturated heterocycles. The molecule has 1 aliphatic heterocycles. The van der Waals surface area contributed by atoms with Gasteiger partial charge in [0.1, 0.15) is 4.90 Å². The monoisotopic (exact) mass is 300 g/mol. The zero-order valence-corrected chi connectivity index (χ0v) is 12.6. The topological polar surface area (TPSA) is 84.4 Å². The number of hydrogen-bond donors (Lipinski definition) is 1. The molecule has 1 unspecified atom stereocenters. The van der Waals surface area contributed by atoms with Gasteiger partial charge in [0.25, 0.3) is 0 Å². The smallest absolute Gasteiger partial charge is 0.246 e. The van der Waals surface area contributed by atoms with E-state index in [-0.39, 0.29) is 10.8 Å². The SMILES string of the molecule is CNc1ncc(S(=O)(=O)N2CCCC(COC)C2)cn1. The van der Waals surface area contributed by atoms with Gasteiger partial charge in [-0.3, -0.25) is 0 Å². The predicted molar refractivity (Wildman–Crippen MR) is 74.9 cm³/mol. The Kier molecular flexibility index (Phi) is 4.90. The highest BCUT2D eigenvalue weighted by molar-refractivity contribution is 7.89. The van der Waals surface area contributed by atoms with Gasteiger partial charge in [0.15, 0.2) is 0 Å². The lowest BCUT2D eigenvalue weighted by Crippen LogP contribution is -2.41. The Labute approximate surface area is 119 Å². The van der Waals surface area contributed by atoms with E-state index in [4.69, 9.17) is 4.74 Å². The van der Waals surface area contributed by atoms with Crippen molar-refractivity contribution in [3.63, 3.8) is 0 Å². The lowest BCUT2D eigenvalue weighted by Gasteiger charge is -2.31. The number of anilines is 1. The average molecular weight is 300 g/mol. The molecular formula is C12H20N4O3S. The maximum atomic E-state index is 12.5. The molecule has 0 radical (unpaired) electrons. The third-order valence-corrected chi connectivity index (χ3v) is 5.19. The maximum Gasteiger partial charge on any atom is 0.246 e. The molecule has 8 heteroatoms. The van der Waals surface area contributed by atoms with E-state index < -0.39 is 10.0 Å². The number of sulfonamides is 1. The highest BCUT2D eigenvalue weighted by Gasteiger charge is 2.30. The number of aromatic nitrogens is 2. The molecule has 0 saturated carbocycles. The molecule has 0 spiro atoms. The van der Waals surface area contributed by atoms with Crippen LogP contribution in [-0.4, -0.2) is 56.5 Å². The van der Waals surface area contributed by atoms with E-state index in [9.17, 15) is 8.42 Å². The van der Waals surface area contributed by atoms with Crippen LogP contribution in [0.2, 0.25) is 0 Å². The van der Waals surface area contributed by atoms with Crippen LogP contribution in [0.3, 0.4) is 0 Å². The van der Waals surface area contributed by atoms with Crippen LogP contribution in [0.25, 0.3) is 0 Å². The van der Waals surface area contributed by atoms with E-state index in [1.807, 2.05) is 0 Å². The minimum absolute atomic E-state index is 0.134. The van der Waals surface area contributed by atoms with Crippen molar-refractivity contribution >= 4 is 16.0 Å². The van der Waals surface area contributed by atoms with Gasteiger partial charge in [0.05, 0.1) is 19.0 Å². The summed E-state index contributed by atoms with van der Waals surface area (Å²) in [5.74, 6) is 0.654. The minimum Gasteiger partial charge on any atom is -0.384 e. The number of nitrogens with zero attached hydrogens (tertiary/aromatic N) is 3. The fraction of sp³-hybridized carbons (Fsp3) is 0.667. The number of ether oxygens (including phenoxy) is 1. The van der Waals surface area contributed by atoms with Gasteiger partial charge >= 0.3 is 0 Å². The van der Waals surface area contributed by atoms with Crippen molar-refractivity contribution in [3.8, 4) is 0 Å². The van der Waals surface area contributed by atoms with Gasteiger partial charge in [-0.25, -0.2) is 18.4 Å². The van der Waals surface area contributed by atoms with Gasteiger partial charge in [-0.2, -0.15) is 4.31 Å². The third kappa shape index (κ3) is 3.25. The molecule has 7 nitrogen and oxygen atoms in total. The molecule has 1 aliphatic rings. The lowest BCUT2D eigenvalue weighted by atomic mass is 10.0.